The summed E-state index contributed by atoms with van der Waals surface area (Å²) < 4.78 is 24.5. The van der Waals surface area contributed by atoms with Crippen molar-refractivity contribution in [3.8, 4) is 0 Å². The summed E-state index contributed by atoms with van der Waals surface area (Å²) in [6.45, 7) is 17.2. The third kappa shape index (κ3) is 29.6. The van der Waals surface area contributed by atoms with Gasteiger partial charge in [-0.3, -0.25) is 4.79 Å². The van der Waals surface area contributed by atoms with E-state index in [4.69, 9.17) is 18.9 Å². The zero-order chi connectivity index (χ0) is 71.6. The number of aliphatic hydroxyl groups is 17. The average Bonchev–Trinajstić information content (AvgIpc) is 0.770. The number of fused-ring (bicyclic) bond motifs is 2. The second-order valence-electron chi connectivity index (χ2n) is 29.2. The van der Waals surface area contributed by atoms with Gasteiger partial charge in [-0.25, -0.2) is 0 Å². The number of cyclic esters (lactones) is 1. The molecule has 2 bridgehead atoms. The summed E-state index contributed by atoms with van der Waals surface area (Å²) in [7, 11) is 3.40. The van der Waals surface area contributed by atoms with Gasteiger partial charge in [-0.15, -0.1) is 0 Å². The monoisotopic (exact) mass is 1360 g/mol. The van der Waals surface area contributed by atoms with Gasteiger partial charge in [-0.2, -0.15) is 0 Å². The van der Waals surface area contributed by atoms with Crippen molar-refractivity contribution in [1.82, 2.24) is 4.90 Å². The van der Waals surface area contributed by atoms with Gasteiger partial charge in [0.15, 0.2) is 12.1 Å². The van der Waals surface area contributed by atoms with E-state index < -0.39 is 182 Å². The van der Waals surface area contributed by atoms with Crippen LogP contribution in [0.5, 0.6) is 0 Å². The van der Waals surface area contributed by atoms with E-state index in [1.54, 1.807) is 106 Å². The molecule has 95 heavy (non-hydrogen) atoms. The van der Waals surface area contributed by atoms with Crippen molar-refractivity contribution in [1.29, 1.82) is 0 Å². The molecule has 2 fully saturated rings. The fraction of sp³-hybridized carbons (Fsp3) is 0.875. The molecular weight excluding hydrogens is 1230 g/mol. The first-order chi connectivity index (χ1) is 44.5. The van der Waals surface area contributed by atoms with Crippen LogP contribution in [0.1, 0.15) is 210 Å². The first kappa shape index (κ1) is 86.8. The minimum absolute atomic E-state index is 0.0123. The standard InChI is InChI=1S/C72H131NO22/c1-13-14-15-16-22-50-34-43(4)62(85)37-52(75)24-20-27-57(80)45(6)56(79)25-18-17-21-42(3)67(87)47(8)63-39-64(94-71-70(90)66(73(11)12)68(88)49(10)93-71)48(9)72(91,95-63)40-65(86)92-44(5)29-30-53(76)35-51(74)23-19-26-58(81)46(7)59(82)32-28-41(2)61(84)38-55(78)36-54(77)31-33-60(83)69(50)89/h17-18,21,29-30,34,41,44-64,66-71,74-85,87-91H,13-16,19-20,22-28,31-33,35-40H2,1-12H3/b18-17-,30-29-,42-21-,43-34-/t41?,44?,45?,46?,47?,48?,49-,50?,51?,52?,53?,54?,55?,56?,57?,58?,59?,60?,61?,62?,63?,64?,66+,67?,68-,69?,70-,71+,72?/m1/s1. The van der Waals surface area contributed by atoms with E-state index in [0.717, 1.165) is 25.7 Å². The number of ether oxygens (including phenoxy) is 4. The first-order valence-corrected chi connectivity index (χ1v) is 35.7. The lowest BCUT2D eigenvalue weighted by atomic mass is 9.80. The van der Waals surface area contributed by atoms with Crippen molar-refractivity contribution in [2.24, 2.45) is 35.5 Å². The summed E-state index contributed by atoms with van der Waals surface area (Å²) in [6, 6.07) is -0.781. The zero-order valence-electron chi connectivity index (χ0n) is 59.3. The summed E-state index contributed by atoms with van der Waals surface area (Å²) in [5.74, 6) is -6.87. The summed E-state index contributed by atoms with van der Waals surface area (Å²) in [5, 5.41) is 190. The number of rotatable bonds is 8. The van der Waals surface area contributed by atoms with Crippen LogP contribution >= 0.6 is 0 Å². The average molecular weight is 1360 g/mol. The molecule has 3 aliphatic rings. The molecule has 3 heterocycles. The quantitative estimate of drug-likeness (QED) is 0.0917. The van der Waals surface area contributed by atoms with Crippen LogP contribution in [0.3, 0.4) is 0 Å². The van der Waals surface area contributed by atoms with Gasteiger partial charge >= 0.3 is 5.97 Å². The molecule has 0 aromatic heterocycles. The molecule has 0 saturated carbocycles. The van der Waals surface area contributed by atoms with Crippen LogP contribution in [-0.2, 0) is 23.7 Å². The molecule has 0 radical (unpaired) electrons. The Morgan fingerprint density at radius 1 is 0.589 bits per heavy atom. The largest absolute Gasteiger partial charge is 0.458 e. The van der Waals surface area contributed by atoms with Gasteiger partial charge in [0.05, 0.1) is 122 Å². The topological polar surface area (TPSA) is 401 Å². The molecule has 0 aliphatic carbocycles. The lowest BCUT2D eigenvalue weighted by molar-refractivity contribution is -0.351. The smallest absolute Gasteiger partial charge is 0.311 e. The number of hydrogen-bond acceptors (Lipinski definition) is 23. The molecule has 556 valence electrons. The number of unbranched alkanes of at least 4 members (excludes halogenated alkanes) is 3. The van der Waals surface area contributed by atoms with Crippen molar-refractivity contribution < 1.29 is 111 Å². The fourth-order valence-corrected chi connectivity index (χ4v) is 13.5. The molecule has 23 heteroatoms. The van der Waals surface area contributed by atoms with Crippen LogP contribution in [-0.4, -0.2) is 252 Å². The van der Waals surface area contributed by atoms with E-state index in [-0.39, 0.29) is 89.4 Å². The van der Waals surface area contributed by atoms with Crippen molar-refractivity contribution in [2.75, 3.05) is 14.1 Å². The second kappa shape index (κ2) is 43.4. The van der Waals surface area contributed by atoms with Crippen molar-refractivity contribution in [3.05, 3.63) is 47.6 Å². The molecule has 3 aliphatic heterocycles. The van der Waals surface area contributed by atoms with Crippen molar-refractivity contribution in [3.63, 3.8) is 0 Å². The molecule has 17 N–H and O–H groups in total. The summed E-state index contributed by atoms with van der Waals surface area (Å²) >= 11 is 0. The summed E-state index contributed by atoms with van der Waals surface area (Å²) in [5.41, 5.74) is 1.00. The Kier molecular flexibility index (Phi) is 39.7. The Morgan fingerprint density at radius 3 is 1.80 bits per heavy atom. The third-order valence-corrected chi connectivity index (χ3v) is 20.7. The Morgan fingerprint density at radius 2 is 1.18 bits per heavy atom. The van der Waals surface area contributed by atoms with Crippen LogP contribution in [0.15, 0.2) is 47.6 Å². The number of likely N-dealkylation sites (N-methyl/N-ethyl adjacent to an activating group) is 1. The van der Waals surface area contributed by atoms with E-state index >= 15 is 0 Å². The van der Waals surface area contributed by atoms with Crippen LogP contribution in [0.4, 0.5) is 0 Å². The van der Waals surface area contributed by atoms with Gasteiger partial charge in [-0.1, -0.05) is 97.6 Å². The number of aliphatic hydroxyl groups excluding tert-OH is 16. The fourth-order valence-electron chi connectivity index (χ4n) is 13.5. The summed E-state index contributed by atoms with van der Waals surface area (Å²) in [4.78, 5) is 15.4. The highest BCUT2D eigenvalue weighted by Gasteiger charge is 2.53. The van der Waals surface area contributed by atoms with E-state index in [0.29, 0.717) is 36.8 Å². The Bertz CT molecular complexity index is 2240. The third-order valence-electron chi connectivity index (χ3n) is 20.7. The number of carbonyl (C=O) groups is 1. The highest BCUT2D eigenvalue weighted by Crippen LogP contribution is 2.42. The summed E-state index contributed by atoms with van der Waals surface area (Å²) in [6.07, 6.45) is -6.51. The molecule has 0 spiro atoms. The lowest BCUT2D eigenvalue weighted by Gasteiger charge is -2.50. The van der Waals surface area contributed by atoms with Crippen LogP contribution in [0.2, 0.25) is 0 Å². The van der Waals surface area contributed by atoms with Crippen molar-refractivity contribution >= 4 is 5.97 Å². The number of hydrogen-bond donors (Lipinski definition) is 17. The second-order valence-corrected chi connectivity index (χ2v) is 29.2. The van der Waals surface area contributed by atoms with Gasteiger partial charge in [0.1, 0.15) is 12.2 Å². The van der Waals surface area contributed by atoms with Gasteiger partial charge in [0.25, 0.3) is 0 Å². The number of nitrogens with zero attached hydrogens (tertiary/aromatic N) is 1. The highest BCUT2D eigenvalue weighted by atomic mass is 16.7. The minimum atomic E-state index is -2.26. The highest BCUT2D eigenvalue weighted by molar-refractivity contribution is 5.71. The predicted molar refractivity (Wildman–Crippen MR) is 361 cm³/mol. The van der Waals surface area contributed by atoms with Gasteiger partial charge in [0.2, 0.25) is 0 Å². The molecule has 0 aromatic rings. The molecule has 3 rings (SSSR count). The lowest BCUT2D eigenvalue weighted by Crippen LogP contribution is -2.64. The van der Waals surface area contributed by atoms with Gasteiger partial charge < -0.3 is 111 Å². The maximum absolute atomic E-state index is 13.7. The zero-order valence-corrected chi connectivity index (χ0v) is 59.3. The Labute approximate surface area is 567 Å². The molecule has 0 aromatic carbocycles. The Balaban J connectivity index is 1.85. The minimum Gasteiger partial charge on any atom is -0.458 e. The molecular formula is C72H131NO22. The van der Waals surface area contributed by atoms with E-state index in [1.807, 2.05) is 0 Å². The SMILES string of the molecule is CCCCCCC1/C=C(/C)C(O)CC(O)CCCC(O)C(C)C(O)C/C=C\C=C(\C)C(O)C(C)C2CC(O[C@@H]3O[C@H](C)[C@@H](O)[C@H](N(C)C)[C@H]3O)C(C)C(O)(CC(=O)OC(C)/C=C\C(O)CC(O)CCCC(O)C(C)C(O)CCC(C)C(O)CC(O)CC(O)CCC(O)C1O)O2. The molecule has 2 saturated heterocycles. The number of esters is 1. The molecule has 29 atom stereocenters. The van der Waals surface area contributed by atoms with E-state index in [2.05, 4.69) is 6.92 Å². The maximum Gasteiger partial charge on any atom is 0.311 e. The molecule has 0 amide bonds. The van der Waals surface area contributed by atoms with Gasteiger partial charge in [0, 0.05) is 48.9 Å². The van der Waals surface area contributed by atoms with E-state index in [9.17, 15) is 91.6 Å². The number of allylic oxidation sites excluding steroid dienone is 2. The number of carbonyl (C=O) groups excluding carboxylic acids is 1. The molecule has 23 nitrogen and oxygen atoms in total. The van der Waals surface area contributed by atoms with Crippen LogP contribution in [0.25, 0.3) is 0 Å². The van der Waals surface area contributed by atoms with Crippen LogP contribution in [0, 0.1) is 35.5 Å². The Hall–Kier alpha value is -2.41. The van der Waals surface area contributed by atoms with Gasteiger partial charge in [-0.05, 0) is 155 Å². The van der Waals surface area contributed by atoms with E-state index in [1.165, 1.54) is 12.2 Å². The maximum atomic E-state index is 13.7. The predicted octanol–water partition coefficient (Wildman–Crippen LogP) is 4.26. The molecule has 24 unspecified atom stereocenters. The van der Waals surface area contributed by atoms with Crippen LogP contribution < -0.4 is 0 Å². The first-order valence-electron chi connectivity index (χ1n) is 35.7. The van der Waals surface area contributed by atoms with Crippen molar-refractivity contribution in [2.45, 2.75) is 351 Å². The normalized spacial score (nSPS) is 44.7.